The lowest BCUT2D eigenvalue weighted by molar-refractivity contribution is -0.127. The van der Waals surface area contributed by atoms with E-state index in [0.29, 0.717) is 4.75 Å². The minimum Gasteiger partial charge on any atom is -0.354 e. The van der Waals surface area contributed by atoms with Gasteiger partial charge in [-0.15, -0.1) is 0 Å². The van der Waals surface area contributed by atoms with Gasteiger partial charge in [0.2, 0.25) is 5.91 Å². The molecule has 1 aromatic carbocycles. The quantitative estimate of drug-likeness (QED) is 0.877. The van der Waals surface area contributed by atoms with Crippen LogP contribution in [0.4, 0.5) is 0 Å². The molecule has 0 atom stereocenters. The zero-order valence-corrected chi connectivity index (χ0v) is 13.5. The molecule has 114 valence electrons. The van der Waals surface area contributed by atoms with Gasteiger partial charge in [0, 0.05) is 11.3 Å². The van der Waals surface area contributed by atoms with Crippen LogP contribution in [-0.2, 0) is 10.2 Å². The first-order valence-corrected chi connectivity index (χ1v) is 9.03. The normalized spacial score (nSPS) is 22.5. The molecule has 0 spiro atoms. The molecule has 4 heteroatoms. The average Bonchev–Trinajstić information content (AvgIpc) is 3.35. The van der Waals surface area contributed by atoms with Crippen LogP contribution in [0.25, 0.3) is 0 Å². The fraction of sp³-hybridized carbons (Fsp3) is 0.588. The molecular formula is C17H24N2OS. The zero-order chi connectivity index (χ0) is 14.8. The second-order valence-corrected chi connectivity index (χ2v) is 7.54. The van der Waals surface area contributed by atoms with E-state index in [9.17, 15) is 4.79 Å². The van der Waals surface area contributed by atoms with Crippen LogP contribution < -0.4 is 10.6 Å². The van der Waals surface area contributed by atoms with E-state index >= 15 is 0 Å². The Balaban J connectivity index is 1.77. The van der Waals surface area contributed by atoms with Crippen LogP contribution >= 0.6 is 11.8 Å². The summed E-state index contributed by atoms with van der Waals surface area (Å²) < 4.78 is 0.320. The van der Waals surface area contributed by atoms with Gasteiger partial charge in [0.05, 0.1) is 5.41 Å². The number of benzene rings is 1. The molecule has 1 aliphatic heterocycles. The predicted octanol–water partition coefficient (Wildman–Crippen LogP) is 2.32. The summed E-state index contributed by atoms with van der Waals surface area (Å²) in [5.41, 5.74) is 0.819. The molecule has 0 radical (unpaired) electrons. The monoisotopic (exact) mass is 304 g/mol. The van der Waals surface area contributed by atoms with Crippen LogP contribution in [0.1, 0.15) is 31.2 Å². The van der Waals surface area contributed by atoms with Gasteiger partial charge >= 0.3 is 0 Å². The van der Waals surface area contributed by atoms with Crippen molar-refractivity contribution in [2.75, 3.05) is 25.9 Å². The van der Waals surface area contributed by atoms with Crippen LogP contribution in [0, 0.1) is 0 Å². The lowest BCUT2D eigenvalue weighted by Gasteiger charge is -2.37. The Labute approximate surface area is 131 Å². The Morgan fingerprint density at radius 1 is 1.19 bits per heavy atom. The minimum absolute atomic E-state index is 0.218. The van der Waals surface area contributed by atoms with E-state index in [0.717, 1.165) is 38.0 Å². The molecule has 1 saturated carbocycles. The van der Waals surface area contributed by atoms with Gasteiger partial charge in [-0.05, 0) is 50.6 Å². The number of thioether (sulfide) groups is 1. The average molecular weight is 304 g/mol. The molecule has 3 nitrogen and oxygen atoms in total. The van der Waals surface area contributed by atoms with E-state index in [-0.39, 0.29) is 11.3 Å². The summed E-state index contributed by atoms with van der Waals surface area (Å²) >= 11 is 1.89. The van der Waals surface area contributed by atoms with Crippen molar-refractivity contribution in [3.05, 3.63) is 35.9 Å². The molecule has 3 rings (SSSR count). The third-order valence-electron chi connectivity index (χ3n) is 5.03. The Hall–Kier alpha value is -1.00. The number of carbonyl (C=O) groups excluding carboxylic acids is 1. The first-order valence-electron chi connectivity index (χ1n) is 7.81. The van der Waals surface area contributed by atoms with Gasteiger partial charge in [0.1, 0.15) is 0 Å². The second kappa shape index (κ2) is 6.01. The van der Waals surface area contributed by atoms with E-state index in [1.165, 1.54) is 12.8 Å². The van der Waals surface area contributed by atoms with E-state index < -0.39 is 0 Å². The molecule has 2 N–H and O–H groups in total. The van der Waals surface area contributed by atoms with Crippen LogP contribution in [0.15, 0.2) is 30.3 Å². The van der Waals surface area contributed by atoms with Gasteiger partial charge in [-0.1, -0.05) is 30.3 Å². The smallest absolute Gasteiger partial charge is 0.230 e. The van der Waals surface area contributed by atoms with Crippen molar-refractivity contribution in [3.63, 3.8) is 0 Å². The zero-order valence-electron chi connectivity index (χ0n) is 12.7. The summed E-state index contributed by atoms with van der Waals surface area (Å²) in [6, 6.07) is 10.3. The summed E-state index contributed by atoms with van der Waals surface area (Å²) in [4.78, 5) is 13.0. The van der Waals surface area contributed by atoms with E-state index in [1.54, 1.807) is 0 Å². The highest BCUT2D eigenvalue weighted by Crippen LogP contribution is 2.46. The van der Waals surface area contributed by atoms with Gasteiger partial charge in [0.15, 0.2) is 0 Å². The second-order valence-electron chi connectivity index (χ2n) is 6.27. The molecular weight excluding hydrogens is 280 g/mol. The van der Waals surface area contributed by atoms with Crippen molar-refractivity contribution < 1.29 is 4.79 Å². The summed E-state index contributed by atoms with van der Waals surface area (Å²) in [7, 11) is 0. The van der Waals surface area contributed by atoms with Gasteiger partial charge in [-0.2, -0.15) is 11.8 Å². The van der Waals surface area contributed by atoms with E-state index in [2.05, 4.69) is 29.0 Å². The Bertz CT molecular complexity index is 493. The topological polar surface area (TPSA) is 41.1 Å². The number of hydrogen-bond acceptors (Lipinski definition) is 3. The molecule has 1 saturated heterocycles. The third kappa shape index (κ3) is 2.97. The van der Waals surface area contributed by atoms with Crippen molar-refractivity contribution in [1.82, 2.24) is 10.6 Å². The van der Waals surface area contributed by atoms with Crippen molar-refractivity contribution in [3.8, 4) is 0 Å². The minimum atomic E-state index is -0.346. The lowest BCUT2D eigenvalue weighted by atomic mass is 9.72. The maximum Gasteiger partial charge on any atom is 0.230 e. The summed E-state index contributed by atoms with van der Waals surface area (Å²) in [5, 5.41) is 6.63. The highest BCUT2D eigenvalue weighted by molar-refractivity contribution is 8.00. The van der Waals surface area contributed by atoms with Gasteiger partial charge in [-0.3, -0.25) is 4.79 Å². The predicted molar refractivity (Wildman–Crippen MR) is 88.7 cm³/mol. The maximum atomic E-state index is 13.0. The number of nitrogens with one attached hydrogen (secondary N) is 2. The summed E-state index contributed by atoms with van der Waals surface area (Å²) in [6.45, 7) is 2.64. The summed E-state index contributed by atoms with van der Waals surface area (Å²) in [5.74, 6) is 0.218. The fourth-order valence-corrected chi connectivity index (χ4v) is 3.99. The number of hydrogen-bond donors (Lipinski definition) is 2. The number of rotatable bonds is 5. The van der Waals surface area contributed by atoms with Crippen molar-refractivity contribution in [1.29, 1.82) is 0 Å². The molecule has 1 heterocycles. The lowest BCUT2D eigenvalue weighted by Crippen LogP contribution is -2.51. The van der Waals surface area contributed by atoms with Crippen molar-refractivity contribution >= 4 is 17.7 Å². The molecule has 0 bridgehead atoms. The molecule has 1 aromatic rings. The molecule has 0 unspecified atom stereocenters. The molecule has 0 aromatic heterocycles. The van der Waals surface area contributed by atoms with Crippen LogP contribution in [0.2, 0.25) is 0 Å². The third-order valence-corrected chi connectivity index (χ3v) is 6.45. The van der Waals surface area contributed by atoms with Gasteiger partial charge in [-0.25, -0.2) is 0 Å². The highest BCUT2D eigenvalue weighted by atomic mass is 32.2. The van der Waals surface area contributed by atoms with Crippen molar-refractivity contribution in [2.24, 2.45) is 0 Å². The number of piperidine rings is 1. The SMILES string of the molecule is CSC1(CNC(=O)C2(c3ccccc3)CCNCC2)CC1. The van der Waals surface area contributed by atoms with Crippen LogP contribution in [-0.4, -0.2) is 36.5 Å². The molecule has 1 amide bonds. The maximum absolute atomic E-state index is 13.0. The van der Waals surface area contributed by atoms with Gasteiger partial charge in [0.25, 0.3) is 0 Å². The first kappa shape index (κ1) is 14.9. The highest BCUT2D eigenvalue weighted by Gasteiger charge is 2.45. The standard InChI is InChI=1S/C17H24N2OS/c1-21-16(7-8-16)13-19-15(20)17(9-11-18-12-10-17)14-5-3-2-4-6-14/h2-6,18H,7-13H2,1H3,(H,19,20). The van der Waals surface area contributed by atoms with Crippen LogP contribution in [0.5, 0.6) is 0 Å². The molecule has 2 aliphatic rings. The Morgan fingerprint density at radius 2 is 1.86 bits per heavy atom. The Kier molecular flexibility index (Phi) is 4.27. The fourth-order valence-electron chi connectivity index (χ4n) is 3.26. The summed E-state index contributed by atoms with van der Waals surface area (Å²) in [6.07, 6.45) is 6.38. The van der Waals surface area contributed by atoms with E-state index in [4.69, 9.17) is 0 Å². The molecule has 21 heavy (non-hydrogen) atoms. The van der Waals surface area contributed by atoms with E-state index in [1.807, 2.05) is 30.0 Å². The van der Waals surface area contributed by atoms with Crippen LogP contribution in [0.3, 0.4) is 0 Å². The number of amides is 1. The van der Waals surface area contributed by atoms with Gasteiger partial charge < -0.3 is 10.6 Å². The van der Waals surface area contributed by atoms with Crippen molar-refractivity contribution in [2.45, 2.75) is 35.8 Å². The first-order chi connectivity index (χ1) is 10.2. The molecule has 1 aliphatic carbocycles. The molecule has 2 fully saturated rings. The Morgan fingerprint density at radius 3 is 2.43 bits per heavy atom. The largest absolute Gasteiger partial charge is 0.354 e. The number of carbonyl (C=O) groups is 1.